The first kappa shape index (κ1) is 20.6. The predicted octanol–water partition coefficient (Wildman–Crippen LogP) is 4.43. The van der Waals surface area contributed by atoms with E-state index in [1.54, 1.807) is 26.7 Å². The van der Waals surface area contributed by atoms with Gasteiger partial charge in [-0.1, -0.05) is 18.2 Å². The quantitative estimate of drug-likeness (QED) is 0.615. The van der Waals surface area contributed by atoms with Crippen molar-refractivity contribution in [3.63, 3.8) is 0 Å². The van der Waals surface area contributed by atoms with E-state index in [0.29, 0.717) is 12.5 Å². The van der Waals surface area contributed by atoms with E-state index in [9.17, 15) is 0 Å². The molecule has 6 nitrogen and oxygen atoms in total. The van der Waals surface area contributed by atoms with Gasteiger partial charge >= 0.3 is 0 Å². The zero-order valence-corrected chi connectivity index (χ0v) is 18.0. The first-order valence-corrected chi connectivity index (χ1v) is 10.2. The highest BCUT2D eigenvalue weighted by molar-refractivity contribution is 5.80. The Kier molecular flexibility index (Phi) is 5.98. The number of hydrogen-bond donors (Lipinski definition) is 1. The van der Waals surface area contributed by atoms with Gasteiger partial charge in [0, 0.05) is 24.7 Å². The van der Waals surface area contributed by atoms with Crippen LogP contribution in [0, 0.1) is 0 Å². The van der Waals surface area contributed by atoms with Crippen LogP contribution in [0.3, 0.4) is 0 Å². The summed E-state index contributed by atoms with van der Waals surface area (Å²) < 4.78 is 16.3. The highest BCUT2D eigenvalue weighted by atomic mass is 16.5. The molecular formula is C25H27N3O3. The van der Waals surface area contributed by atoms with Crippen molar-refractivity contribution in [1.29, 1.82) is 0 Å². The van der Waals surface area contributed by atoms with Gasteiger partial charge in [-0.3, -0.25) is 0 Å². The van der Waals surface area contributed by atoms with E-state index in [-0.39, 0.29) is 5.92 Å². The second-order valence-electron chi connectivity index (χ2n) is 7.56. The monoisotopic (exact) mass is 417 g/mol. The number of benzene rings is 2. The molecule has 2 heterocycles. The van der Waals surface area contributed by atoms with Gasteiger partial charge in [0.1, 0.15) is 11.5 Å². The molecule has 1 atom stereocenters. The molecule has 0 saturated carbocycles. The van der Waals surface area contributed by atoms with Crippen LogP contribution in [0.15, 0.2) is 82.2 Å². The van der Waals surface area contributed by atoms with Gasteiger partial charge in [-0.15, -0.1) is 0 Å². The van der Waals surface area contributed by atoms with Crippen LogP contribution in [0.2, 0.25) is 0 Å². The van der Waals surface area contributed by atoms with E-state index >= 15 is 0 Å². The van der Waals surface area contributed by atoms with E-state index in [1.165, 1.54) is 11.1 Å². The Morgan fingerprint density at radius 2 is 1.87 bits per heavy atom. The van der Waals surface area contributed by atoms with Crippen LogP contribution in [0.5, 0.6) is 11.5 Å². The van der Waals surface area contributed by atoms with Gasteiger partial charge in [-0.2, -0.15) is 0 Å². The average molecular weight is 418 g/mol. The number of methoxy groups -OCH3 is 2. The summed E-state index contributed by atoms with van der Waals surface area (Å²) in [6.45, 7) is 0.566. The maximum Gasteiger partial charge on any atom is 0.195 e. The molecule has 31 heavy (non-hydrogen) atoms. The molecule has 4 rings (SSSR count). The van der Waals surface area contributed by atoms with Gasteiger partial charge in [0.25, 0.3) is 0 Å². The molecule has 0 bridgehead atoms. The maximum atomic E-state index is 5.98. The first-order valence-electron chi connectivity index (χ1n) is 10.2. The number of nitrogens with two attached hydrogens (primary N) is 1. The third-order valence-corrected chi connectivity index (χ3v) is 5.67. The fraction of sp³-hybridized carbons (Fsp3) is 0.240. The molecule has 1 unspecified atom stereocenters. The van der Waals surface area contributed by atoms with Crippen molar-refractivity contribution in [2.45, 2.75) is 12.3 Å². The number of hydrogen-bond acceptors (Lipinski definition) is 6. The third-order valence-electron chi connectivity index (χ3n) is 5.67. The van der Waals surface area contributed by atoms with Crippen molar-refractivity contribution in [2.24, 2.45) is 10.7 Å². The Labute approximate surface area is 182 Å². The van der Waals surface area contributed by atoms with Crippen molar-refractivity contribution in [3.8, 4) is 22.6 Å². The minimum Gasteiger partial charge on any atom is -0.497 e. The number of aliphatic imine (C=N–C) groups is 1. The summed E-state index contributed by atoms with van der Waals surface area (Å²) in [6.07, 6.45) is 6.28. The largest absolute Gasteiger partial charge is 0.497 e. The normalized spacial score (nSPS) is 14.6. The number of ether oxygens (including phenoxy) is 2. The van der Waals surface area contributed by atoms with Crippen molar-refractivity contribution in [2.75, 3.05) is 27.8 Å². The van der Waals surface area contributed by atoms with Crippen molar-refractivity contribution in [3.05, 3.63) is 84.0 Å². The molecule has 0 radical (unpaired) electrons. The van der Waals surface area contributed by atoms with Gasteiger partial charge in [0.15, 0.2) is 5.96 Å². The fourth-order valence-electron chi connectivity index (χ4n) is 3.91. The number of rotatable bonds is 7. The van der Waals surface area contributed by atoms with Crippen molar-refractivity contribution in [1.82, 2.24) is 4.90 Å². The fourth-order valence-corrected chi connectivity index (χ4v) is 3.91. The van der Waals surface area contributed by atoms with Crippen LogP contribution in [0.1, 0.15) is 17.0 Å². The molecule has 160 valence electrons. The summed E-state index contributed by atoms with van der Waals surface area (Å²) in [7, 11) is 5.30. The molecule has 0 amide bonds. The highest BCUT2D eigenvalue weighted by Gasteiger charge is 2.23. The summed E-state index contributed by atoms with van der Waals surface area (Å²) in [6, 6.07) is 16.4. The average Bonchev–Trinajstić information content (AvgIpc) is 3.34. The van der Waals surface area contributed by atoms with Crippen LogP contribution in [0.25, 0.3) is 11.1 Å². The Morgan fingerprint density at radius 3 is 2.52 bits per heavy atom. The van der Waals surface area contributed by atoms with Gasteiger partial charge in [0.2, 0.25) is 0 Å². The standard InChI is InChI=1S/C25H27N3O3/c1-28-15-21(14-27-25(28)26)23(17-4-7-22(29-2)8-5-17)13-20-12-18(6-9-24(20)30-3)19-10-11-31-16-19/h4-12,15-16,23H,13-14H2,1-3H3,(H2,26,27). The molecule has 1 aliphatic rings. The number of furan rings is 1. The Bertz CT molecular complexity index is 1090. The van der Waals surface area contributed by atoms with Crippen molar-refractivity contribution >= 4 is 5.96 Å². The minimum atomic E-state index is 0.110. The molecule has 0 aliphatic carbocycles. The minimum absolute atomic E-state index is 0.110. The van der Waals surface area contributed by atoms with E-state index in [4.69, 9.17) is 19.6 Å². The summed E-state index contributed by atoms with van der Waals surface area (Å²) in [4.78, 5) is 6.37. The van der Waals surface area contributed by atoms with E-state index in [1.807, 2.05) is 42.3 Å². The zero-order valence-electron chi connectivity index (χ0n) is 18.0. The lowest BCUT2D eigenvalue weighted by molar-refractivity contribution is 0.408. The Hall–Kier alpha value is -3.67. The molecule has 6 heteroatoms. The molecule has 1 aliphatic heterocycles. The molecular weight excluding hydrogens is 390 g/mol. The van der Waals surface area contributed by atoms with Crippen LogP contribution < -0.4 is 15.2 Å². The topological polar surface area (TPSA) is 73.2 Å². The molecule has 2 aromatic carbocycles. The molecule has 2 N–H and O–H groups in total. The summed E-state index contributed by atoms with van der Waals surface area (Å²) in [5, 5.41) is 0. The SMILES string of the molecule is COc1ccc(C(Cc2cc(-c3ccoc3)ccc2OC)C2=CN(C)C(N)=NC2)cc1. The summed E-state index contributed by atoms with van der Waals surface area (Å²) in [5.74, 6) is 2.33. The van der Waals surface area contributed by atoms with Gasteiger partial charge in [-0.25, -0.2) is 4.99 Å². The lowest BCUT2D eigenvalue weighted by Crippen LogP contribution is -2.34. The van der Waals surface area contributed by atoms with E-state index in [0.717, 1.165) is 34.6 Å². The Morgan fingerprint density at radius 1 is 1.06 bits per heavy atom. The van der Waals surface area contributed by atoms with Crippen LogP contribution in [-0.4, -0.2) is 38.7 Å². The summed E-state index contributed by atoms with van der Waals surface area (Å²) in [5.41, 5.74) is 11.6. The van der Waals surface area contributed by atoms with Crippen molar-refractivity contribution < 1.29 is 13.9 Å². The lowest BCUT2D eigenvalue weighted by atomic mass is 9.84. The number of nitrogens with zero attached hydrogens (tertiary/aromatic N) is 2. The second kappa shape index (κ2) is 9.00. The van der Waals surface area contributed by atoms with Crippen LogP contribution >= 0.6 is 0 Å². The molecule has 1 aromatic heterocycles. The van der Waals surface area contributed by atoms with Gasteiger partial charge < -0.3 is 24.5 Å². The van der Waals surface area contributed by atoms with Gasteiger partial charge in [-0.05, 0) is 59.0 Å². The van der Waals surface area contributed by atoms with Crippen LogP contribution in [-0.2, 0) is 6.42 Å². The zero-order chi connectivity index (χ0) is 21.8. The highest BCUT2D eigenvalue weighted by Crippen LogP contribution is 2.36. The predicted molar refractivity (Wildman–Crippen MR) is 122 cm³/mol. The third kappa shape index (κ3) is 4.43. The van der Waals surface area contributed by atoms with E-state index < -0.39 is 0 Å². The Balaban J connectivity index is 1.74. The molecule has 0 fully saturated rings. The van der Waals surface area contributed by atoms with Gasteiger partial charge in [0.05, 0.1) is 33.3 Å². The molecule has 0 saturated heterocycles. The van der Waals surface area contributed by atoms with Crippen LogP contribution in [0.4, 0.5) is 0 Å². The first-order chi connectivity index (χ1) is 15.1. The summed E-state index contributed by atoms with van der Waals surface area (Å²) >= 11 is 0. The maximum absolute atomic E-state index is 5.98. The second-order valence-corrected chi connectivity index (χ2v) is 7.56. The molecule has 0 spiro atoms. The lowest BCUT2D eigenvalue weighted by Gasteiger charge is -2.27. The molecule has 3 aromatic rings. The smallest absolute Gasteiger partial charge is 0.195 e. The number of guanidine groups is 1. The van der Waals surface area contributed by atoms with E-state index in [2.05, 4.69) is 29.4 Å².